The van der Waals surface area contributed by atoms with E-state index in [0.717, 1.165) is 36.8 Å². The molecule has 1 fully saturated rings. The van der Waals surface area contributed by atoms with E-state index in [2.05, 4.69) is 16.0 Å². The average molecular weight is 553 g/mol. The number of phenolic OH excluding ortho intramolecular Hbond substituents is 2. The van der Waals surface area contributed by atoms with Gasteiger partial charge in [0.1, 0.15) is 23.6 Å². The first-order valence-electron chi connectivity index (χ1n) is 13.9. The molecule has 216 valence electrons. The van der Waals surface area contributed by atoms with E-state index in [9.17, 15) is 24.6 Å². The number of carbonyl (C=O) groups is 3. The van der Waals surface area contributed by atoms with Crippen molar-refractivity contribution in [1.82, 2.24) is 16.0 Å². The second kappa shape index (κ2) is 13.1. The van der Waals surface area contributed by atoms with Gasteiger partial charge in [0.2, 0.25) is 17.7 Å². The molecule has 0 spiro atoms. The van der Waals surface area contributed by atoms with Crippen LogP contribution in [0.2, 0.25) is 0 Å². The summed E-state index contributed by atoms with van der Waals surface area (Å²) < 4.78 is 0. The molecular formula is C29H40N6O5. The lowest BCUT2D eigenvalue weighted by molar-refractivity contribution is -0.132. The Balaban J connectivity index is 1.73. The van der Waals surface area contributed by atoms with Crippen LogP contribution in [0.4, 0.5) is 0 Å². The van der Waals surface area contributed by atoms with E-state index in [0.29, 0.717) is 24.1 Å². The molecule has 2 aromatic carbocycles. The van der Waals surface area contributed by atoms with Crippen LogP contribution >= 0.6 is 0 Å². The van der Waals surface area contributed by atoms with Gasteiger partial charge in [-0.3, -0.25) is 14.4 Å². The Morgan fingerprint density at radius 2 is 1.52 bits per heavy atom. The Hall–Kier alpha value is -3.67. The fraction of sp³-hybridized carbons (Fsp3) is 0.483. The molecular weight excluding hydrogens is 512 g/mol. The van der Waals surface area contributed by atoms with Crippen LogP contribution in [0, 0.1) is 0 Å². The summed E-state index contributed by atoms with van der Waals surface area (Å²) in [5.74, 6) is -1.58. The van der Waals surface area contributed by atoms with Crippen molar-refractivity contribution < 1.29 is 24.6 Å². The van der Waals surface area contributed by atoms with Crippen LogP contribution in [0.3, 0.4) is 0 Å². The SMILES string of the molecule is NCCC[C@H]1NC(=O)[C@@H](N)Cc2cc(ccc2O)-c2ccc(O)c(c2)C[C@H](C(=O)N[C@@H]2CCCC[C@H]2N)NC1=O. The highest BCUT2D eigenvalue weighted by molar-refractivity contribution is 5.93. The molecule has 2 aliphatic rings. The fourth-order valence-corrected chi connectivity index (χ4v) is 5.38. The number of carbonyl (C=O) groups excluding carboxylic acids is 3. The Morgan fingerprint density at radius 1 is 0.900 bits per heavy atom. The lowest BCUT2D eigenvalue weighted by Crippen LogP contribution is -2.59. The van der Waals surface area contributed by atoms with Crippen molar-refractivity contribution in [3.05, 3.63) is 47.5 Å². The van der Waals surface area contributed by atoms with E-state index in [-0.39, 0.29) is 42.8 Å². The minimum atomic E-state index is -1.05. The summed E-state index contributed by atoms with van der Waals surface area (Å²) in [6, 6.07) is 6.50. The lowest BCUT2D eigenvalue weighted by atomic mass is 9.90. The molecule has 2 aromatic rings. The first kappa shape index (κ1) is 29.3. The maximum absolute atomic E-state index is 13.6. The van der Waals surface area contributed by atoms with Gasteiger partial charge in [0.25, 0.3) is 0 Å². The standard InChI is InChI=1S/C29H40N6O5/c30-11-3-6-23-28(39)35-24(29(40)33-22-5-2-1-4-20(22)31)15-19-13-17(8-10-26(19)37)16-7-9-25(36)18(12-16)14-21(32)27(38)34-23/h7-10,12-13,20-24,36-37H,1-6,11,14-15,30-32H2,(H,33,40)(H,34,38)(H,35,39)/t20-,21+,22-,23-,24-/m1/s1. The average Bonchev–Trinajstić information content (AvgIpc) is 2.93. The smallest absolute Gasteiger partial charge is 0.243 e. The van der Waals surface area contributed by atoms with Crippen LogP contribution in [-0.4, -0.2) is 64.7 Å². The normalized spacial score (nSPS) is 25.6. The molecule has 11 N–H and O–H groups in total. The highest BCUT2D eigenvalue weighted by atomic mass is 16.3. The summed E-state index contributed by atoms with van der Waals surface area (Å²) in [7, 11) is 0. The zero-order valence-corrected chi connectivity index (χ0v) is 22.6. The molecule has 1 heterocycles. The van der Waals surface area contributed by atoms with Crippen molar-refractivity contribution in [3.63, 3.8) is 0 Å². The highest BCUT2D eigenvalue weighted by Crippen LogP contribution is 2.31. The Labute approximate surface area is 233 Å². The minimum absolute atomic E-state index is 0.00121. The number of phenols is 2. The number of nitrogens with one attached hydrogen (secondary N) is 3. The molecule has 1 saturated carbocycles. The number of hydrogen-bond acceptors (Lipinski definition) is 8. The first-order chi connectivity index (χ1) is 19.2. The van der Waals surface area contributed by atoms with Crippen LogP contribution < -0.4 is 33.2 Å². The quantitative estimate of drug-likeness (QED) is 0.258. The van der Waals surface area contributed by atoms with Crippen molar-refractivity contribution in [2.75, 3.05) is 6.54 Å². The van der Waals surface area contributed by atoms with Crippen LogP contribution in [0.25, 0.3) is 11.1 Å². The van der Waals surface area contributed by atoms with Gasteiger partial charge >= 0.3 is 0 Å². The highest BCUT2D eigenvalue weighted by Gasteiger charge is 2.32. The van der Waals surface area contributed by atoms with Crippen LogP contribution in [0.1, 0.15) is 49.7 Å². The monoisotopic (exact) mass is 552 g/mol. The second-order valence-electron chi connectivity index (χ2n) is 10.8. The molecule has 0 radical (unpaired) electrons. The van der Waals surface area contributed by atoms with Crippen LogP contribution in [0.15, 0.2) is 36.4 Å². The molecule has 40 heavy (non-hydrogen) atoms. The van der Waals surface area contributed by atoms with E-state index in [1.165, 1.54) is 12.1 Å². The number of hydrogen-bond donors (Lipinski definition) is 8. The second-order valence-corrected chi connectivity index (χ2v) is 10.8. The van der Waals surface area contributed by atoms with Gasteiger partial charge in [-0.25, -0.2) is 0 Å². The molecule has 4 rings (SSSR count). The molecule has 11 heteroatoms. The van der Waals surface area contributed by atoms with Crippen molar-refractivity contribution in [2.45, 2.75) is 81.6 Å². The van der Waals surface area contributed by atoms with E-state index in [1.54, 1.807) is 24.3 Å². The van der Waals surface area contributed by atoms with Gasteiger partial charge in [-0.2, -0.15) is 0 Å². The van der Waals surface area contributed by atoms with Gasteiger partial charge in [0.15, 0.2) is 0 Å². The molecule has 1 aliphatic heterocycles. The van der Waals surface area contributed by atoms with E-state index in [4.69, 9.17) is 17.2 Å². The number of nitrogens with two attached hydrogens (primary N) is 3. The zero-order chi connectivity index (χ0) is 28.8. The molecule has 1 aliphatic carbocycles. The summed E-state index contributed by atoms with van der Waals surface area (Å²) in [5.41, 5.74) is 20.5. The van der Waals surface area contributed by atoms with Gasteiger partial charge in [0, 0.05) is 24.9 Å². The molecule has 0 aromatic heterocycles. The predicted octanol–water partition coefficient (Wildman–Crippen LogP) is 0.285. The maximum atomic E-state index is 13.6. The molecule has 11 nitrogen and oxygen atoms in total. The number of benzene rings is 2. The molecule has 0 unspecified atom stereocenters. The molecule has 3 amide bonds. The van der Waals surface area contributed by atoms with Crippen LogP contribution in [-0.2, 0) is 27.2 Å². The van der Waals surface area contributed by atoms with Gasteiger partial charge in [-0.15, -0.1) is 0 Å². The Kier molecular flexibility index (Phi) is 9.62. The number of rotatable bonds is 5. The summed E-state index contributed by atoms with van der Waals surface area (Å²) in [6.07, 6.45) is 4.21. The van der Waals surface area contributed by atoms with E-state index < -0.39 is 35.8 Å². The van der Waals surface area contributed by atoms with Gasteiger partial charge in [0.05, 0.1) is 6.04 Å². The Morgan fingerprint density at radius 3 is 2.15 bits per heavy atom. The summed E-state index contributed by atoms with van der Waals surface area (Å²) in [4.78, 5) is 40.1. The van der Waals surface area contributed by atoms with Crippen molar-refractivity contribution in [2.24, 2.45) is 17.2 Å². The third-order valence-corrected chi connectivity index (χ3v) is 7.80. The molecule has 0 saturated heterocycles. The number of amides is 3. The van der Waals surface area contributed by atoms with Crippen molar-refractivity contribution in [3.8, 4) is 22.6 Å². The minimum Gasteiger partial charge on any atom is -0.508 e. The summed E-state index contributed by atoms with van der Waals surface area (Å²) >= 11 is 0. The Bertz CT molecular complexity index is 1240. The van der Waals surface area contributed by atoms with E-state index in [1.807, 2.05) is 0 Å². The molecule has 5 atom stereocenters. The number of aromatic hydroxyl groups is 2. The third kappa shape index (κ3) is 7.09. The number of fused-ring (bicyclic) bond motifs is 5. The lowest BCUT2D eigenvalue weighted by Gasteiger charge is -2.31. The van der Waals surface area contributed by atoms with Crippen LogP contribution in [0.5, 0.6) is 11.5 Å². The zero-order valence-electron chi connectivity index (χ0n) is 22.6. The predicted molar refractivity (Wildman–Crippen MR) is 151 cm³/mol. The van der Waals surface area contributed by atoms with Gasteiger partial charge in [-0.1, -0.05) is 25.0 Å². The summed E-state index contributed by atoms with van der Waals surface area (Å²) in [6.45, 7) is 0.302. The van der Waals surface area contributed by atoms with E-state index >= 15 is 0 Å². The largest absolute Gasteiger partial charge is 0.508 e. The maximum Gasteiger partial charge on any atom is 0.243 e. The molecule has 4 bridgehead atoms. The van der Waals surface area contributed by atoms with Gasteiger partial charge in [-0.05, 0) is 78.7 Å². The van der Waals surface area contributed by atoms with Crippen molar-refractivity contribution in [1.29, 1.82) is 0 Å². The van der Waals surface area contributed by atoms with Gasteiger partial charge < -0.3 is 43.4 Å². The third-order valence-electron chi connectivity index (χ3n) is 7.80. The topological polar surface area (TPSA) is 206 Å². The fourth-order valence-electron chi connectivity index (χ4n) is 5.38. The first-order valence-corrected chi connectivity index (χ1v) is 13.9. The van der Waals surface area contributed by atoms with Crippen molar-refractivity contribution >= 4 is 17.7 Å². The summed E-state index contributed by atoms with van der Waals surface area (Å²) in [5, 5.41) is 29.7.